The first-order valence-electron chi connectivity index (χ1n) is 3.99. The molecule has 1 fully saturated rings. The first-order valence-corrected chi connectivity index (χ1v) is 5.85. The average Bonchev–Trinajstić information content (AvgIpc) is 2.05. The van der Waals surface area contributed by atoms with Gasteiger partial charge in [0.1, 0.15) is 5.41 Å². The van der Waals surface area contributed by atoms with Gasteiger partial charge in [-0.25, -0.2) is 0 Å². The zero-order chi connectivity index (χ0) is 7.40. The normalized spacial score (nSPS) is 26.3. The van der Waals surface area contributed by atoms with Crippen molar-refractivity contribution < 1.29 is 9.22 Å². The van der Waals surface area contributed by atoms with Crippen molar-refractivity contribution in [3.63, 3.8) is 0 Å². The largest absolute Gasteiger partial charge is 0.412 e. The van der Waals surface area contributed by atoms with E-state index in [4.69, 9.17) is 4.43 Å². The van der Waals surface area contributed by atoms with Gasteiger partial charge in [-0.2, -0.15) is 0 Å². The Balaban J connectivity index is 2.31. The number of rotatable bonds is 2. The van der Waals surface area contributed by atoms with Crippen LogP contribution in [0.25, 0.3) is 0 Å². The molecule has 1 aliphatic heterocycles. The lowest BCUT2D eigenvalue weighted by atomic mass is 10.4. The maximum Gasteiger partial charge on any atom is 0.249 e. The second-order valence-electron chi connectivity index (χ2n) is 2.68. The molecule has 0 N–H and O–H groups in total. The van der Waals surface area contributed by atoms with E-state index in [0.717, 1.165) is 19.1 Å². The summed E-state index contributed by atoms with van der Waals surface area (Å²) in [6, 6.07) is 1.08. The summed E-state index contributed by atoms with van der Waals surface area (Å²) in [4.78, 5) is 11.1. The average molecular weight is 158 g/mol. The maximum atomic E-state index is 11.1. The summed E-state index contributed by atoms with van der Waals surface area (Å²) >= 11 is 0. The molecule has 58 valence electrons. The summed E-state index contributed by atoms with van der Waals surface area (Å²) in [6.07, 6.45) is 3.04. The van der Waals surface area contributed by atoms with Crippen LogP contribution in [0.4, 0.5) is 0 Å². The highest BCUT2D eigenvalue weighted by molar-refractivity contribution is 6.85. The van der Waals surface area contributed by atoms with E-state index in [0.29, 0.717) is 11.8 Å². The third-order valence-corrected chi connectivity index (χ3v) is 4.58. The molecule has 0 radical (unpaired) electrons. The minimum Gasteiger partial charge on any atom is -0.412 e. The standard InChI is InChI=1S/C7H14O2Si/c1-2-7(8)10-6-4-3-5-9-10/h10H,2-6H2,1H3. The Morgan fingerprint density at radius 2 is 2.40 bits per heavy atom. The van der Waals surface area contributed by atoms with Crippen LogP contribution in [0.3, 0.4) is 0 Å². The molecule has 1 saturated heterocycles. The van der Waals surface area contributed by atoms with E-state index >= 15 is 0 Å². The molecule has 0 aromatic rings. The van der Waals surface area contributed by atoms with Crippen LogP contribution in [0.2, 0.25) is 6.04 Å². The number of hydrogen-bond donors (Lipinski definition) is 0. The predicted molar refractivity (Wildman–Crippen MR) is 42.4 cm³/mol. The van der Waals surface area contributed by atoms with Gasteiger partial charge < -0.3 is 9.22 Å². The van der Waals surface area contributed by atoms with E-state index in [2.05, 4.69) is 0 Å². The molecule has 1 atom stereocenters. The molecule has 1 rings (SSSR count). The second kappa shape index (κ2) is 3.88. The van der Waals surface area contributed by atoms with Gasteiger partial charge in [-0.15, -0.1) is 0 Å². The minimum atomic E-state index is -1.36. The lowest BCUT2D eigenvalue weighted by molar-refractivity contribution is -0.113. The fourth-order valence-corrected chi connectivity index (χ4v) is 3.46. The van der Waals surface area contributed by atoms with Crippen LogP contribution in [0.15, 0.2) is 0 Å². The van der Waals surface area contributed by atoms with Gasteiger partial charge in [0.05, 0.1) is 0 Å². The van der Waals surface area contributed by atoms with E-state index in [-0.39, 0.29) is 0 Å². The van der Waals surface area contributed by atoms with E-state index < -0.39 is 9.04 Å². The van der Waals surface area contributed by atoms with E-state index in [1.807, 2.05) is 6.92 Å². The fourth-order valence-electron chi connectivity index (χ4n) is 1.22. The lowest BCUT2D eigenvalue weighted by Gasteiger charge is -2.18. The van der Waals surface area contributed by atoms with Crippen molar-refractivity contribution in [3.8, 4) is 0 Å². The second-order valence-corrected chi connectivity index (χ2v) is 5.21. The molecule has 3 heteroatoms. The molecule has 0 aromatic carbocycles. The highest BCUT2D eigenvalue weighted by atomic mass is 28.3. The van der Waals surface area contributed by atoms with Crippen molar-refractivity contribution in [1.82, 2.24) is 0 Å². The highest BCUT2D eigenvalue weighted by Crippen LogP contribution is 2.11. The Bertz CT molecular complexity index is 119. The van der Waals surface area contributed by atoms with E-state index in [9.17, 15) is 4.79 Å². The van der Waals surface area contributed by atoms with Crippen molar-refractivity contribution in [2.24, 2.45) is 0 Å². The molecule has 0 amide bonds. The molecule has 0 saturated carbocycles. The first-order chi connectivity index (χ1) is 4.84. The van der Waals surface area contributed by atoms with Gasteiger partial charge in [0.25, 0.3) is 0 Å². The van der Waals surface area contributed by atoms with Crippen LogP contribution in [0.1, 0.15) is 26.2 Å². The third kappa shape index (κ3) is 1.92. The molecule has 0 bridgehead atoms. The third-order valence-electron chi connectivity index (χ3n) is 1.89. The smallest absolute Gasteiger partial charge is 0.249 e. The van der Waals surface area contributed by atoms with Crippen LogP contribution < -0.4 is 0 Å². The summed E-state index contributed by atoms with van der Waals surface area (Å²) in [5.41, 5.74) is 0. The first kappa shape index (κ1) is 7.95. The molecule has 1 heterocycles. The van der Waals surface area contributed by atoms with Crippen molar-refractivity contribution in [2.45, 2.75) is 32.2 Å². The monoisotopic (exact) mass is 158 g/mol. The van der Waals surface area contributed by atoms with Gasteiger partial charge in [-0.3, -0.25) is 0 Å². The Kier molecular flexibility index (Phi) is 3.09. The van der Waals surface area contributed by atoms with Gasteiger partial charge in [0.15, 0.2) is 0 Å². The van der Waals surface area contributed by atoms with Crippen LogP contribution in [-0.2, 0) is 9.22 Å². The molecule has 10 heavy (non-hydrogen) atoms. The lowest BCUT2D eigenvalue weighted by Crippen LogP contribution is -2.32. The van der Waals surface area contributed by atoms with E-state index in [1.54, 1.807) is 0 Å². The Morgan fingerprint density at radius 1 is 1.60 bits per heavy atom. The van der Waals surface area contributed by atoms with Crippen molar-refractivity contribution in [1.29, 1.82) is 0 Å². The van der Waals surface area contributed by atoms with Gasteiger partial charge in [-0.1, -0.05) is 13.3 Å². The summed E-state index contributed by atoms with van der Waals surface area (Å²) < 4.78 is 5.42. The van der Waals surface area contributed by atoms with Crippen molar-refractivity contribution in [3.05, 3.63) is 0 Å². The zero-order valence-corrected chi connectivity index (χ0v) is 7.58. The van der Waals surface area contributed by atoms with Crippen LogP contribution in [0.5, 0.6) is 0 Å². The molecular weight excluding hydrogens is 144 g/mol. The van der Waals surface area contributed by atoms with Crippen LogP contribution in [-0.4, -0.2) is 21.1 Å². The topological polar surface area (TPSA) is 26.3 Å². The van der Waals surface area contributed by atoms with Gasteiger partial charge in [-0.05, 0) is 12.5 Å². The van der Waals surface area contributed by atoms with Gasteiger partial charge >= 0.3 is 0 Å². The number of hydrogen-bond acceptors (Lipinski definition) is 2. The maximum absolute atomic E-state index is 11.1. The Hall–Kier alpha value is -0.153. The molecule has 0 spiro atoms. The molecule has 1 aliphatic rings. The summed E-state index contributed by atoms with van der Waals surface area (Å²) in [7, 11) is -1.36. The predicted octanol–water partition coefficient (Wildman–Crippen LogP) is 1.04. The summed E-state index contributed by atoms with van der Waals surface area (Å²) in [5, 5.41) is 0.403. The van der Waals surface area contributed by atoms with E-state index in [1.165, 1.54) is 6.42 Å². The summed E-state index contributed by atoms with van der Waals surface area (Å²) in [6.45, 7) is 2.76. The van der Waals surface area contributed by atoms with Crippen molar-refractivity contribution >= 4 is 14.4 Å². The van der Waals surface area contributed by atoms with Crippen molar-refractivity contribution in [2.75, 3.05) is 6.61 Å². The highest BCUT2D eigenvalue weighted by Gasteiger charge is 2.22. The van der Waals surface area contributed by atoms with Crippen LogP contribution in [0, 0.1) is 0 Å². The van der Waals surface area contributed by atoms with Gasteiger partial charge in [0, 0.05) is 13.0 Å². The quantitative estimate of drug-likeness (QED) is 0.561. The Morgan fingerprint density at radius 3 is 2.90 bits per heavy atom. The molecule has 0 aromatic heterocycles. The fraction of sp³-hybridized carbons (Fsp3) is 0.857. The molecule has 2 nitrogen and oxygen atoms in total. The van der Waals surface area contributed by atoms with Crippen LogP contribution >= 0.6 is 0 Å². The summed E-state index contributed by atoms with van der Waals surface area (Å²) in [5.74, 6) is 0. The molecular formula is C7H14O2Si. The minimum absolute atomic E-state index is 0.403. The SMILES string of the molecule is CCC(=O)[SiH]1CCCCO1. The molecule has 0 aliphatic carbocycles. The number of carbonyl (C=O) groups is 1. The molecule has 1 unspecified atom stereocenters. The number of carbonyl (C=O) groups excluding carboxylic acids is 1. The Labute approximate surface area is 63.3 Å². The van der Waals surface area contributed by atoms with Gasteiger partial charge in [0.2, 0.25) is 9.04 Å². The zero-order valence-electron chi connectivity index (χ0n) is 6.43.